The zero-order chi connectivity index (χ0) is 12.8. The molecule has 0 aromatic carbocycles. The first-order valence-electron chi connectivity index (χ1n) is 6.51. The molecule has 0 aromatic heterocycles. The summed E-state index contributed by atoms with van der Waals surface area (Å²) < 4.78 is 4.81. The van der Waals surface area contributed by atoms with Gasteiger partial charge in [0, 0.05) is 0 Å². The van der Waals surface area contributed by atoms with E-state index in [9.17, 15) is 0 Å². The van der Waals surface area contributed by atoms with E-state index in [-0.39, 0.29) is 0 Å². The van der Waals surface area contributed by atoms with Crippen molar-refractivity contribution in [2.45, 2.75) is 38.5 Å². The predicted molar refractivity (Wildman–Crippen MR) is 72.8 cm³/mol. The van der Waals surface area contributed by atoms with Gasteiger partial charge in [-0.15, -0.1) is 0 Å². The Morgan fingerprint density at radius 2 is 1.82 bits per heavy atom. The van der Waals surface area contributed by atoms with Crippen LogP contribution in [0.4, 0.5) is 0 Å². The third-order valence-electron chi connectivity index (χ3n) is 2.53. The Morgan fingerprint density at radius 1 is 1.18 bits per heavy atom. The molecule has 0 heterocycles. The summed E-state index contributed by atoms with van der Waals surface area (Å²) in [5.74, 6) is 0. The van der Waals surface area contributed by atoms with Gasteiger partial charge in [0.2, 0.25) is 0 Å². The second-order valence-corrected chi connectivity index (χ2v) is 4.06. The smallest absolute Gasteiger partial charge is 0.435 e. The van der Waals surface area contributed by atoms with Crippen LogP contribution in [0.3, 0.4) is 0 Å². The summed E-state index contributed by atoms with van der Waals surface area (Å²) in [4.78, 5) is 3.00. The van der Waals surface area contributed by atoms with E-state index >= 15 is 0 Å². The lowest BCUT2D eigenvalue weighted by Gasteiger charge is -1.96. The van der Waals surface area contributed by atoms with Crippen LogP contribution in [0.5, 0.6) is 0 Å². The van der Waals surface area contributed by atoms with Crippen molar-refractivity contribution in [2.24, 2.45) is 5.73 Å². The molecule has 0 aliphatic heterocycles. The third kappa shape index (κ3) is 12.9. The van der Waals surface area contributed by atoms with Crippen molar-refractivity contribution in [3.63, 3.8) is 0 Å². The van der Waals surface area contributed by atoms with E-state index in [0.717, 1.165) is 25.9 Å². The van der Waals surface area contributed by atoms with Crippen LogP contribution < -0.4 is 16.0 Å². The second kappa shape index (κ2) is 13.0. The lowest BCUT2D eigenvalue weighted by Crippen LogP contribution is -2.75. The van der Waals surface area contributed by atoms with Crippen LogP contribution in [0.2, 0.25) is 0 Å². The number of hydrogen-bond donors (Lipinski definition) is 3. The predicted octanol–water partition coefficient (Wildman–Crippen LogP) is 0.144. The Kier molecular flexibility index (Phi) is 12.2. The van der Waals surface area contributed by atoms with Gasteiger partial charge in [0.1, 0.15) is 0 Å². The fourth-order valence-corrected chi connectivity index (χ4v) is 1.47. The van der Waals surface area contributed by atoms with Crippen LogP contribution in [-0.4, -0.2) is 33.3 Å². The van der Waals surface area contributed by atoms with Crippen molar-refractivity contribution in [2.75, 3.05) is 27.2 Å². The standard InChI is InChI=1S/C13H27N3O/c1-15-11-9-7-5-3-4-6-8-10-12-16-13(14)17-2/h3-4,15H,5-12H2,1-2H3,(H2,14,16)/p+1/b4-3+. The zero-order valence-corrected chi connectivity index (χ0v) is 11.3. The zero-order valence-electron chi connectivity index (χ0n) is 11.3. The number of ether oxygens (including phenoxy) is 1. The number of nitrogens with two attached hydrogens (primary N) is 1. The molecule has 0 unspecified atom stereocenters. The van der Waals surface area contributed by atoms with Gasteiger partial charge >= 0.3 is 6.02 Å². The molecule has 0 radical (unpaired) electrons. The normalized spacial score (nSPS) is 12.2. The van der Waals surface area contributed by atoms with E-state index in [0.29, 0.717) is 6.02 Å². The number of allylic oxidation sites excluding steroid dienone is 2. The average molecular weight is 242 g/mol. The van der Waals surface area contributed by atoms with Crippen molar-refractivity contribution in [3.05, 3.63) is 12.2 Å². The first kappa shape index (κ1) is 16.0. The Morgan fingerprint density at radius 3 is 2.41 bits per heavy atom. The van der Waals surface area contributed by atoms with Crippen molar-refractivity contribution in [1.29, 1.82) is 0 Å². The maximum Gasteiger partial charge on any atom is 0.439 e. The SMILES string of the molecule is CNCCCC/C=C/CCCC[NH+]=C(N)OC. The van der Waals surface area contributed by atoms with Crippen molar-refractivity contribution < 1.29 is 9.73 Å². The van der Waals surface area contributed by atoms with Crippen LogP contribution in [0.15, 0.2) is 12.2 Å². The Bertz CT molecular complexity index is 215. The van der Waals surface area contributed by atoms with E-state index in [2.05, 4.69) is 22.5 Å². The van der Waals surface area contributed by atoms with Crippen LogP contribution in [0.25, 0.3) is 0 Å². The van der Waals surface area contributed by atoms with Crippen LogP contribution in [0, 0.1) is 0 Å². The highest BCUT2D eigenvalue weighted by atomic mass is 16.5. The summed E-state index contributed by atoms with van der Waals surface area (Å²) in [7, 11) is 3.57. The molecule has 0 aliphatic rings. The molecule has 100 valence electrons. The van der Waals surface area contributed by atoms with Gasteiger partial charge in [-0.2, -0.15) is 0 Å². The molecule has 0 aliphatic carbocycles. The molecular weight excluding hydrogens is 214 g/mol. The van der Waals surface area contributed by atoms with E-state index < -0.39 is 0 Å². The maximum absolute atomic E-state index is 5.46. The van der Waals surface area contributed by atoms with E-state index in [1.54, 1.807) is 7.11 Å². The summed E-state index contributed by atoms with van der Waals surface area (Å²) in [5.41, 5.74) is 5.46. The molecule has 0 saturated heterocycles. The van der Waals surface area contributed by atoms with Gasteiger partial charge in [-0.3, -0.25) is 5.73 Å². The monoisotopic (exact) mass is 242 g/mol. The first-order valence-corrected chi connectivity index (χ1v) is 6.51. The first-order chi connectivity index (χ1) is 8.31. The molecule has 0 rings (SSSR count). The molecule has 0 fully saturated rings. The quantitative estimate of drug-likeness (QED) is 0.221. The fraction of sp³-hybridized carbons (Fsp3) is 0.769. The van der Waals surface area contributed by atoms with E-state index in [4.69, 9.17) is 10.5 Å². The van der Waals surface area contributed by atoms with Gasteiger partial charge in [-0.05, 0) is 52.1 Å². The summed E-state index contributed by atoms with van der Waals surface area (Å²) in [6, 6.07) is 0.407. The van der Waals surface area contributed by atoms with E-state index in [1.807, 2.05) is 7.05 Å². The average Bonchev–Trinajstić information content (AvgIpc) is 2.35. The molecule has 0 amide bonds. The van der Waals surface area contributed by atoms with Crippen LogP contribution in [0.1, 0.15) is 38.5 Å². The van der Waals surface area contributed by atoms with E-state index in [1.165, 1.54) is 25.7 Å². The lowest BCUT2D eigenvalue weighted by atomic mass is 10.2. The van der Waals surface area contributed by atoms with Gasteiger partial charge in [-0.25, -0.2) is 4.99 Å². The Balaban J connectivity index is 3.19. The molecule has 0 saturated carbocycles. The van der Waals surface area contributed by atoms with Crippen LogP contribution >= 0.6 is 0 Å². The topological polar surface area (TPSA) is 61.2 Å². The summed E-state index contributed by atoms with van der Waals surface area (Å²) in [6.07, 6.45) is 11.8. The minimum atomic E-state index is 0.407. The molecule has 0 bridgehead atoms. The van der Waals surface area contributed by atoms with Crippen molar-refractivity contribution in [1.82, 2.24) is 5.32 Å². The number of unbranched alkanes of at least 4 members (excludes halogenated alkanes) is 4. The molecule has 4 N–H and O–H groups in total. The van der Waals surface area contributed by atoms with Gasteiger partial charge in [-0.1, -0.05) is 12.2 Å². The summed E-state index contributed by atoms with van der Waals surface area (Å²) in [5, 5.41) is 3.15. The highest BCUT2D eigenvalue weighted by Crippen LogP contribution is 1.99. The van der Waals surface area contributed by atoms with Gasteiger partial charge in [0.05, 0.1) is 13.7 Å². The number of methoxy groups -OCH3 is 1. The van der Waals surface area contributed by atoms with Gasteiger partial charge in [0.25, 0.3) is 0 Å². The molecule has 0 atom stereocenters. The highest BCUT2D eigenvalue weighted by Gasteiger charge is 1.93. The summed E-state index contributed by atoms with van der Waals surface area (Å²) >= 11 is 0. The number of rotatable bonds is 10. The third-order valence-corrected chi connectivity index (χ3v) is 2.53. The highest BCUT2D eigenvalue weighted by molar-refractivity contribution is 5.64. The molecule has 17 heavy (non-hydrogen) atoms. The summed E-state index contributed by atoms with van der Waals surface area (Å²) in [6.45, 7) is 2.01. The molecule has 0 aromatic rings. The van der Waals surface area contributed by atoms with Gasteiger partial charge < -0.3 is 10.1 Å². The Hall–Kier alpha value is -1.03. The molecule has 4 nitrogen and oxygen atoms in total. The molecule has 4 heteroatoms. The van der Waals surface area contributed by atoms with Crippen molar-refractivity contribution >= 4 is 6.02 Å². The van der Waals surface area contributed by atoms with Crippen molar-refractivity contribution in [3.8, 4) is 0 Å². The Labute approximate surface area is 105 Å². The fourth-order valence-electron chi connectivity index (χ4n) is 1.47. The number of amidine groups is 1. The minimum Gasteiger partial charge on any atom is -0.435 e. The number of hydrogen-bond acceptors (Lipinski definition) is 2. The largest absolute Gasteiger partial charge is 0.439 e. The van der Waals surface area contributed by atoms with Gasteiger partial charge in [0.15, 0.2) is 0 Å². The number of nitrogens with one attached hydrogen (secondary N) is 2. The minimum absolute atomic E-state index is 0.407. The van der Waals surface area contributed by atoms with Crippen LogP contribution in [-0.2, 0) is 4.74 Å². The lowest BCUT2D eigenvalue weighted by molar-refractivity contribution is -0.468. The second-order valence-electron chi connectivity index (χ2n) is 4.06. The molecular formula is C13H28N3O+. The maximum atomic E-state index is 5.46. The molecule has 0 spiro atoms.